The maximum absolute atomic E-state index is 13.4. The van der Waals surface area contributed by atoms with Crippen molar-refractivity contribution in [1.82, 2.24) is 18.8 Å². The van der Waals surface area contributed by atoms with E-state index in [2.05, 4.69) is 25.1 Å². The van der Waals surface area contributed by atoms with Crippen molar-refractivity contribution in [1.29, 1.82) is 0 Å². The summed E-state index contributed by atoms with van der Waals surface area (Å²) in [6.07, 6.45) is 1.70. The van der Waals surface area contributed by atoms with E-state index < -0.39 is 0 Å². The van der Waals surface area contributed by atoms with Crippen LogP contribution in [0.4, 0.5) is 11.4 Å². The molecular formula is C26H33ClN6O3S. The molecule has 3 aromatic rings. The van der Waals surface area contributed by atoms with Gasteiger partial charge in [-0.25, -0.2) is 9.03 Å². The molecule has 198 valence electrons. The first kappa shape index (κ1) is 27.3. The molecule has 0 spiro atoms. The van der Waals surface area contributed by atoms with Crippen LogP contribution in [-0.4, -0.2) is 60.1 Å². The van der Waals surface area contributed by atoms with Crippen LogP contribution in [0, 0.1) is 6.92 Å². The molecule has 0 saturated carbocycles. The quantitative estimate of drug-likeness (QED) is 0.213. The van der Waals surface area contributed by atoms with E-state index in [1.165, 1.54) is 4.68 Å². The Morgan fingerprint density at radius 1 is 1.14 bits per heavy atom. The number of aryl methyl sites for hydroxylation is 1. The fourth-order valence-corrected chi connectivity index (χ4v) is 4.90. The van der Waals surface area contributed by atoms with Crippen molar-refractivity contribution in [2.75, 3.05) is 56.6 Å². The highest BCUT2D eigenvalue weighted by Gasteiger charge is 2.24. The average molecular weight is 545 g/mol. The largest absolute Gasteiger partial charge is 0.484 e. The van der Waals surface area contributed by atoms with E-state index in [-0.39, 0.29) is 17.9 Å². The third kappa shape index (κ3) is 7.18. The molecule has 1 saturated heterocycles. The molecule has 1 aliphatic heterocycles. The molecule has 0 amide bonds. The Balaban J connectivity index is 1.41. The van der Waals surface area contributed by atoms with E-state index in [9.17, 15) is 4.79 Å². The number of hydrogen-bond acceptors (Lipinski definition) is 9. The number of aromatic nitrogens is 2. The van der Waals surface area contributed by atoms with Gasteiger partial charge in [-0.2, -0.15) is 9.78 Å². The molecule has 0 atom stereocenters. The lowest BCUT2D eigenvalue weighted by atomic mass is 10.1. The first-order chi connectivity index (χ1) is 18.0. The molecule has 1 aromatic heterocycles. The minimum atomic E-state index is -0.327. The smallest absolute Gasteiger partial charge is 0.316 e. The summed E-state index contributed by atoms with van der Waals surface area (Å²) in [6.45, 7) is 9.00. The molecule has 11 heteroatoms. The molecular weight excluding hydrogens is 512 g/mol. The van der Waals surface area contributed by atoms with Gasteiger partial charge in [0, 0.05) is 62.2 Å². The lowest BCUT2D eigenvalue weighted by molar-refractivity contribution is 0.109. The molecule has 9 nitrogen and oxygen atoms in total. The van der Waals surface area contributed by atoms with Gasteiger partial charge >= 0.3 is 5.56 Å². The Labute approximate surface area is 226 Å². The molecule has 0 aliphatic carbocycles. The summed E-state index contributed by atoms with van der Waals surface area (Å²) in [6, 6.07) is 13.2. The standard InChI is InChI=1S/C26H33ClN6O3S/c1-3-35-13-14-36-25-24(18-29-33(26(25)34)22-6-4-5-21(27)16-22)31-9-11-32(12-10-31)37-30-17-20-8-7-19(2)23(28)15-20/h4-8,15-16,18,30H,3,9-14,17,28H2,1-2H3. The topological polar surface area (TPSA) is 97.9 Å². The van der Waals surface area contributed by atoms with Gasteiger partial charge in [0.15, 0.2) is 0 Å². The van der Waals surface area contributed by atoms with Gasteiger partial charge in [-0.05, 0) is 49.2 Å². The zero-order valence-electron chi connectivity index (χ0n) is 21.2. The zero-order valence-corrected chi connectivity index (χ0v) is 22.7. The van der Waals surface area contributed by atoms with Gasteiger partial charge in [-0.1, -0.05) is 29.8 Å². The van der Waals surface area contributed by atoms with E-state index in [4.69, 9.17) is 26.8 Å². The number of halogens is 1. The summed E-state index contributed by atoms with van der Waals surface area (Å²) in [4.78, 5) is 15.6. The third-order valence-corrected chi connectivity index (χ3v) is 7.17. The molecule has 2 aromatic carbocycles. The number of benzene rings is 2. The van der Waals surface area contributed by atoms with Gasteiger partial charge in [0.1, 0.15) is 12.3 Å². The van der Waals surface area contributed by atoms with Gasteiger partial charge in [0.2, 0.25) is 5.75 Å². The minimum absolute atomic E-state index is 0.269. The number of anilines is 2. The Morgan fingerprint density at radius 2 is 1.95 bits per heavy atom. The van der Waals surface area contributed by atoms with Crippen LogP contribution in [0.1, 0.15) is 18.1 Å². The minimum Gasteiger partial charge on any atom is -0.484 e. The van der Waals surface area contributed by atoms with Crippen molar-refractivity contribution < 1.29 is 9.47 Å². The van der Waals surface area contributed by atoms with Crippen LogP contribution in [0.3, 0.4) is 0 Å². The van der Waals surface area contributed by atoms with Crippen LogP contribution in [0.15, 0.2) is 53.5 Å². The lowest BCUT2D eigenvalue weighted by Gasteiger charge is -2.35. The number of nitrogen functional groups attached to an aromatic ring is 1. The molecule has 1 fully saturated rings. The molecule has 2 heterocycles. The Bertz CT molecular complexity index is 1250. The van der Waals surface area contributed by atoms with Crippen molar-refractivity contribution >= 4 is 35.1 Å². The van der Waals surface area contributed by atoms with Crippen LogP contribution >= 0.6 is 23.7 Å². The fraction of sp³-hybridized carbons (Fsp3) is 0.385. The summed E-state index contributed by atoms with van der Waals surface area (Å²) >= 11 is 7.74. The van der Waals surface area contributed by atoms with Gasteiger partial charge in [-0.3, -0.25) is 4.79 Å². The zero-order chi connectivity index (χ0) is 26.2. The maximum Gasteiger partial charge on any atom is 0.316 e. The highest BCUT2D eigenvalue weighted by Crippen LogP contribution is 2.27. The molecule has 1 aliphatic rings. The molecule has 0 unspecified atom stereocenters. The second kappa shape index (κ2) is 13.2. The molecule has 0 bridgehead atoms. The van der Waals surface area contributed by atoms with Crippen molar-refractivity contribution in [2.24, 2.45) is 0 Å². The normalized spacial score (nSPS) is 14.2. The van der Waals surface area contributed by atoms with E-state index >= 15 is 0 Å². The highest BCUT2D eigenvalue weighted by molar-refractivity contribution is 7.95. The van der Waals surface area contributed by atoms with Gasteiger partial charge in [0.25, 0.3) is 0 Å². The number of piperazine rings is 1. The number of nitrogens with two attached hydrogens (primary N) is 1. The van der Waals surface area contributed by atoms with Gasteiger partial charge in [-0.15, -0.1) is 0 Å². The SMILES string of the molecule is CCOCCOc1c(N2CCN(SNCc3ccc(C)c(N)c3)CC2)cnn(-c2cccc(Cl)c2)c1=O. The molecule has 4 rings (SSSR count). The highest BCUT2D eigenvalue weighted by atomic mass is 35.5. The molecule has 3 N–H and O–H groups in total. The predicted molar refractivity (Wildman–Crippen MR) is 151 cm³/mol. The second-order valence-electron chi connectivity index (χ2n) is 8.62. The monoisotopic (exact) mass is 544 g/mol. The maximum atomic E-state index is 13.4. The fourth-order valence-electron chi connectivity index (χ4n) is 3.96. The summed E-state index contributed by atoms with van der Waals surface area (Å²) in [5, 5.41) is 4.97. The Kier molecular flexibility index (Phi) is 9.70. The second-order valence-corrected chi connectivity index (χ2v) is 10.0. The van der Waals surface area contributed by atoms with Crippen LogP contribution in [0.2, 0.25) is 5.02 Å². The van der Waals surface area contributed by atoms with Crippen molar-refractivity contribution in [3.63, 3.8) is 0 Å². The lowest BCUT2D eigenvalue weighted by Crippen LogP contribution is -2.45. The summed E-state index contributed by atoms with van der Waals surface area (Å²) < 4.78 is 18.4. The number of nitrogens with one attached hydrogen (secondary N) is 1. The van der Waals surface area contributed by atoms with E-state index in [0.29, 0.717) is 29.6 Å². The Hall–Kier alpha value is -2.76. The van der Waals surface area contributed by atoms with E-state index in [1.807, 2.05) is 26.0 Å². The molecule has 37 heavy (non-hydrogen) atoms. The predicted octanol–water partition coefficient (Wildman–Crippen LogP) is 3.67. The number of ether oxygens (including phenoxy) is 2. The van der Waals surface area contributed by atoms with Gasteiger partial charge in [0.05, 0.1) is 18.5 Å². The van der Waals surface area contributed by atoms with E-state index in [1.54, 1.807) is 42.6 Å². The van der Waals surface area contributed by atoms with E-state index in [0.717, 1.165) is 49.5 Å². The van der Waals surface area contributed by atoms with Crippen molar-refractivity contribution in [3.05, 3.63) is 75.2 Å². The summed E-state index contributed by atoms with van der Waals surface area (Å²) in [5.74, 6) is 0.269. The van der Waals surface area contributed by atoms with Gasteiger partial charge < -0.3 is 20.1 Å². The van der Waals surface area contributed by atoms with Crippen molar-refractivity contribution in [3.8, 4) is 11.4 Å². The van der Waals surface area contributed by atoms with Crippen LogP contribution in [0.5, 0.6) is 5.75 Å². The number of rotatable bonds is 11. The van der Waals surface area contributed by atoms with Crippen LogP contribution in [-0.2, 0) is 11.3 Å². The van der Waals surface area contributed by atoms with Crippen molar-refractivity contribution in [2.45, 2.75) is 20.4 Å². The summed E-state index contributed by atoms with van der Waals surface area (Å²) in [7, 11) is 0. The number of hydrogen-bond donors (Lipinski definition) is 2. The number of nitrogens with zero attached hydrogens (tertiary/aromatic N) is 4. The molecule has 0 radical (unpaired) electrons. The first-order valence-corrected chi connectivity index (χ1v) is 13.4. The average Bonchev–Trinajstić information content (AvgIpc) is 2.90. The third-order valence-electron chi connectivity index (χ3n) is 6.04. The van der Waals surface area contributed by atoms with Crippen LogP contribution in [0.25, 0.3) is 5.69 Å². The Morgan fingerprint density at radius 3 is 2.68 bits per heavy atom. The summed E-state index contributed by atoms with van der Waals surface area (Å²) in [5.41, 5.74) is 10.0. The van der Waals surface area contributed by atoms with Crippen LogP contribution < -0.4 is 25.7 Å². The first-order valence-electron chi connectivity index (χ1n) is 12.3.